The Hall–Kier alpha value is -0.890. The van der Waals surface area contributed by atoms with Gasteiger partial charge in [-0.15, -0.1) is 23.2 Å². The summed E-state index contributed by atoms with van der Waals surface area (Å²) < 4.78 is 9.09. The number of carboxylic acid groups (broad SMARTS) is 3. The Labute approximate surface area is 378 Å². The van der Waals surface area contributed by atoms with Crippen molar-refractivity contribution in [3.63, 3.8) is 0 Å². The predicted molar refractivity (Wildman–Crippen MR) is 247 cm³/mol. The average molecular weight is 955 g/mol. The van der Waals surface area contributed by atoms with E-state index in [1.54, 1.807) is 0 Å². The number of carbonyl (C=O) groups is 5. The van der Waals surface area contributed by atoms with Crippen LogP contribution in [0.2, 0.25) is 0 Å². The molecule has 0 aliphatic rings. The first kappa shape index (κ1) is 68.8. The van der Waals surface area contributed by atoms with Crippen LogP contribution in [-0.2, 0) is 33.2 Å². The van der Waals surface area contributed by atoms with Crippen molar-refractivity contribution in [1.82, 2.24) is 5.32 Å². The summed E-state index contributed by atoms with van der Waals surface area (Å²) in [5, 5.41) is 29.0. The molecule has 0 radical (unpaired) electrons. The van der Waals surface area contributed by atoms with E-state index in [0.29, 0.717) is 24.9 Å². The number of rotatable bonds is 26. The minimum atomic E-state index is -1.67. The molecule has 1 amide bonds. The topological polar surface area (TPSA) is 201 Å². The molecule has 0 unspecified atom stereocenters. The van der Waals surface area contributed by atoms with Crippen LogP contribution < -0.4 is 11.1 Å². The maximum atomic E-state index is 12.1. The van der Waals surface area contributed by atoms with E-state index in [9.17, 15) is 24.0 Å². The number of hydrogen-bond donors (Lipinski definition) is 5. The summed E-state index contributed by atoms with van der Waals surface area (Å²) in [4.78, 5) is 54.5. The quantitative estimate of drug-likeness (QED) is 0.0410. The number of carbonyl (C=O) groups excluding carboxylic acids is 2. The highest BCUT2D eigenvalue weighted by molar-refractivity contribution is 8.26. The SMILES string of the molecule is CC(C)C[C@H](CN)CC(=O)O.CCCC(CCC)C(=O)Cl.CCCC(CCC)C(=O)NC[C@H](CC(=O)O)CC(C)C.CCCC(CCC)C(=O)O.ClCCl.O=S(Cl)Cl. The van der Waals surface area contributed by atoms with E-state index in [0.717, 1.165) is 89.9 Å². The smallest absolute Gasteiger partial charge is 0.306 e. The largest absolute Gasteiger partial charge is 0.481 e. The highest BCUT2D eigenvalue weighted by atomic mass is 36.0. The van der Waals surface area contributed by atoms with Gasteiger partial charge in [0.25, 0.3) is 0 Å². The third-order valence-corrected chi connectivity index (χ3v) is 8.61. The molecule has 11 nitrogen and oxygen atoms in total. The van der Waals surface area contributed by atoms with Crippen molar-refractivity contribution in [1.29, 1.82) is 0 Å². The Kier molecular flexibility index (Phi) is 59.9. The van der Waals surface area contributed by atoms with E-state index in [1.165, 1.54) is 0 Å². The van der Waals surface area contributed by atoms with E-state index < -0.39 is 27.1 Å². The lowest BCUT2D eigenvalue weighted by atomic mass is 9.93. The van der Waals surface area contributed by atoms with Crippen molar-refractivity contribution in [2.24, 2.45) is 47.2 Å². The second-order valence-electron chi connectivity index (χ2n) is 14.9. The molecule has 0 saturated heterocycles. The van der Waals surface area contributed by atoms with Gasteiger partial charge in [-0.2, -0.15) is 0 Å². The number of hydrogen-bond acceptors (Lipinski definition) is 7. The molecule has 6 N–H and O–H groups in total. The van der Waals surface area contributed by atoms with Crippen molar-refractivity contribution < 1.29 is 43.5 Å². The standard InChI is InChI=1S/C16H31NO3.C8H15ClO.C8H17NO2.C8H16O2.CH2Cl2.Cl2OS/c1-5-7-14(8-6-2)16(20)17-11-13(9-12(3)4)10-15(18)19;1-3-5-7(6-4-2)8(9)10;1-6(2)3-7(5-9)4-8(10)11;1-3-5-7(6-4-2)8(9)10;2-1-3;1-4(2)3/h12-14H,5-11H2,1-4H3,(H,17,20)(H,18,19);7H,3-6H2,1-2H3;6-7H,3-5,9H2,1-2H3,(H,10,11);7H,3-6H2,1-2H3,(H,9,10);1H2;/t13-;;7-;;;/m0.0.../s1. The fourth-order valence-electron chi connectivity index (χ4n) is 5.98. The molecule has 0 aromatic carbocycles. The van der Waals surface area contributed by atoms with Gasteiger partial charge in [-0.3, -0.25) is 24.0 Å². The fourth-order valence-corrected chi connectivity index (χ4v) is 6.20. The lowest BCUT2D eigenvalue weighted by molar-refractivity contribution is -0.142. The minimum absolute atomic E-state index is 0.0281. The van der Waals surface area contributed by atoms with Crippen LogP contribution in [0.5, 0.6) is 0 Å². The molecule has 0 aliphatic heterocycles. The Morgan fingerprint density at radius 3 is 1.16 bits per heavy atom. The molecule has 0 bridgehead atoms. The number of nitrogens with one attached hydrogen (secondary N) is 1. The molecule has 17 heteroatoms. The van der Waals surface area contributed by atoms with Crippen molar-refractivity contribution in [3.05, 3.63) is 0 Å². The van der Waals surface area contributed by atoms with Gasteiger partial charge in [0.15, 0.2) is 0 Å². The molecular weight excluding hydrogens is 874 g/mol. The van der Waals surface area contributed by atoms with E-state index >= 15 is 0 Å². The highest BCUT2D eigenvalue weighted by Gasteiger charge is 2.20. The molecule has 58 heavy (non-hydrogen) atoms. The summed E-state index contributed by atoms with van der Waals surface area (Å²) in [5.74, 6) is -0.850. The van der Waals surface area contributed by atoms with Crippen LogP contribution in [0.3, 0.4) is 0 Å². The van der Waals surface area contributed by atoms with Gasteiger partial charge in [0.2, 0.25) is 20.4 Å². The van der Waals surface area contributed by atoms with Gasteiger partial charge >= 0.3 is 17.9 Å². The first-order valence-electron chi connectivity index (χ1n) is 20.7. The molecule has 2 atom stereocenters. The van der Waals surface area contributed by atoms with E-state index in [1.807, 2.05) is 13.8 Å². The molecular formula is C41H81Cl5N2O9S. The van der Waals surface area contributed by atoms with Gasteiger partial charge in [-0.1, -0.05) is 108 Å². The molecule has 0 aromatic rings. The van der Waals surface area contributed by atoms with E-state index in [4.69, 9.17) is 60.1 Å². The Morgan fingerprint density at radius 2 is 0.897 bits per heavy atom. The molecule has 0 rings (SSSR count). The highest BCUT2D eigenvalue weighted by Crippen LogP contribution is 2.18. The van der Waals surface area contributed by atoms with Gasteiger partial charge in [-0.25, -0.2) is 4.21 Å². The zero-order valence-electron chi connectivity index (χ0n) is 37.1. The molecule has 0 aromatic heterocycles. The summed E-state index contributed by atoms with van der Waals surface area (Å²) in [6.07, 6.45) is 13.5. The van der Waals surface area contributed by atoms with Gasteiger partial charge in [0, 0.05) is 52.6 Å². The van der Waals surface area contributed by atoms with Crippen molar-refractivity contribution >= 4 is 94.5 Å². The lowest BCUT2D eigenvalue weighted by Crippen LogP contribution is -2.35. The summed E-state index contributed by atoms with van der Waals surface area (Å²) in [6.45, 7) is 21.6. The summed E-state index contributed by atoms with van der Waals surface area (Å²) in [6, 6.07) is 0. The number of halogens is 5. The van der Waals surface area contributed by atoms with Crippen LogP contribution in [0, 0.1) is 41.4 Å². The Morgan fingerprint density at radius 1 is 0.603 bits per heavy atom. The molecule has 350 valence electrons. The molecule has 0 heterocycles. The van der Waals surface area contributed by atoms with Crippen LogP contribution >= 0.6 is 56.2 Å². The second kappa shape index (κ2) is 50.5. The average Bonchev–Trinajstić information content (AvgIpc) is 3.10. The van der Waals surface area contributed by atoms with Crippen LogP contribution in [0.4, 0.5) is 0 Å². The Bertz CT molecular complexity index is 967. The number of carboxylic acids is 3. The number of aliphatic carboxylic acids is 3. The number of nitrogens with two attached hydrogens (primary N) is 1. The minimum Gasteiger partial charge on any atom is -0.481 e. The van der Waals surface area contributed by atoms with Crippen molar-refractivity contribution in [2.75, 3.05) is 18.4 Å². The van der Waals surface area contributed by atoms with Crippen LogP contribution in [0.25, 0.3) is 0 Å². The van der Waals surface area contributed by atoms with Gasteiger partial charge in [0.05, 0.1) is 11.3 Å². The molecule has 0 aliphatic carbocycles. The van der Waals surface area contributed by atoms with Crippen molar-refractivity contribution in [3.8, 4) is 0 Å². The third-order valence-electron chi connectivity index (χ3n) is 8.30. The zero-order chi connectivity index (χ0) is 46.6. The fraction of sp³-hybridized carbons (Fsp3) is 0.878. The maximum absolute atomic E-state index is 12.1. The molecule has 0 spiro atoms. The predicted octanol–water partition coefficient (Wildman–Crippen LogP) is 12.3. The van der Waals surface area contributed by atoms with Gasteiger partial charge < -0.3 is 26.4 Å². The second-order valence-corrected chi connectivity index (χ2v) is 18.6. The zero-order valence-corrected chi connectivity index (χ0v) is 41.7. The molecule has 0 fully saturated rings. The van der Waals surface area contributed by atoms with E-state index in [2.05, 4.69) is 82.1 Å². The van der Waals surface area contributed by atoms with Crippen LogP contribution in [-0.4, -0.2) is 67.0 Å². The Balaban J connectivity index is -0.000000153. The summed E-state index contributed by atoms with van der Waals surface area (Å²) >= 11 is 14.9. The third kappa shape index (κ3) is 59.4. The van der Waals surface area contributed by atoms with Gasteiger partial charge in [0.1, 0.15) is 0 Å². The van der Waals surface area contributed by atoms with E-state index in [-0.39, 0.29) is 58.9 Å². The first-order chi connectivity index (χ1) is 27.0. The maximum Gasteiger partial charge on any atom is 0.306 e. The van der Waals surface area contributed by atoms with Crippen molar-refractivity contribution in [2.45, 2.75) is 172 Å². The first-order valence-corrected chi connectivity index (χ1v) is 25.0. The lowest BCUT2D eigenvalue weighted by Gasteiger charge is -2.20. The van der Waals surface area contributed by atoms with Crippen LogP contribution in [0.15, 0.2) is 0 Å². The summed E-state index contributed by atoms with van der Waals surface area (Å²) in [7, 11) is 7.36. The number of amides is 1. The molecule has 0 saturated carbocycles. The monoisotopic (exact) mass is 952 g/mol. The van der Waals surface area contributed by atoms with Crippen LogP contribution in [0.1, 0.15) is 172 Å². The number of alkyl halides is 2. The summed E-state index contributed by atoms with van der Waals surface area (Å²) in [5.41, 5.74) is 5.41. The normalized spacial score (nSPS) is 11.4. The van der Waals surface area contributed by atoms with Gasteiger partial charge in [-0.05, 0) is 93.2 Å².